The van der Waals surface area contributed by atoms with Crippen molar-refractivity contribution in [2.45, 2.75) is 76.0 Å². The zero-order chi connectivity index (χ0) is 12.1. The second kappa shape index (κ2) is 7.04. The summed E-state index contributed by atoms with van der Waals surface area (Å²) in [7, 11) is 0. The molecule has 0 amide bonds. The molecule has 3 atom stereocenters. The zero-order valence-electron chi connectivity index (χ0n) is 11.4. The van der Waals surface area contributed by atoms with Gasteiger partial charge in [-0.2, -0.15) is 11.8 Å². The Morgan fingerprint density at radius 3 is 2.41 bits per heavy atom. The molecule has 2 aliphatic rings. The van der Waals surface area contributed by atoms with Crippen molar-refractivity contribution in [3.05, 3.63) is 0 Å². The van der Waals surface area contributed by atoms with E-state index in [9.17, 15) is 0 Å². The Hall–Kier alpha value is 0.310. The van der Waals surface area contributed by atoms with Crippen LogP contribution in [0.1, 0.15) is 64.7 Å². The fourth-order valence-corrected chi connectivity index (χ4v) is 5.14. The van der Waals surface area contributed by atoms with Crippen LogP contribution in [0.3, 0.4) is 0 Å². The monoisotopic (exact) mass is 255 g/mol. The summed E-state index contributed by atoms with van der Waals surface area (Å²) < 4.78 is 0. The first-order chi connectivity index (χ1) is 8.31. The summed E-state index contributed by atoms with van der Waals surface area (Å²) >= 11 is 2.17. The van der Waals surface area contributed by atoms with Crippen LogP contribution in [0.2, 0.25) is 0 Å². The normalized spacial score (nSPS) is 32.8. The van der Waals surface area contributed by atoms with Gasteiger partial charge in [0, 0.05) is 17.0 Å². The highest BCUT2D eigenvalue weighted by Gasteiger charge is 2.29. The number of nitrogens with two attached hydrogens (primary N) is 1. The van der Waals surface area contributed by atoms with Crippen molar-refractivity contribution in [2.75, 3.05) is 5.75 Å². The van der Waals surface area contributed by atoms with Gasteiger partial charge in [-0.3, -0.25) is 0 Å². The van der Waals surface area contributed by atoms with Gasteiger partial charge in [-0.25, -0.2) is 0 Å². The van der Waals surface area contributed by atoms with Gasteiger partial charge in [0.15, 0.2) is 0 Å². The van der Waals surface area contributed by atoms with E-state index in [0.717, 1.165) is 17.1 Å². The number of rotatable bonds is 5. The van der Waals surface area contributed by atoms with Crippen molar-refractivity contribution in [3.8, 4) is 0 Å². The second-order valence-corrected chi connectivity index (χ2v) is 7.35. The lowest BCUT2D eigenvalue weighted by Gasteiger charge is -2.35. The number of thioether (sulfide) groups is 1. The zero-order valence-corrected chi connectivity index (χ0v) is 12.2. The van der Waals surface area contributed by atoms with E-state index in [1.807, 2.05) is 0 Å². The van der Waals surface area contributed by atoms with Gasteiger partial charge in [-0.05, 0) is 31.1 Å². The average Bonchev–Trinajstić information content (AvgIpc) is 2.89. The lowest BCUT2D eigenvalue weighted by Crippen LogP contribution is -2.39. The van der Waals surface area contributed by atoms with Gasteiger partial charge in [0.05, 0.1) is 0 Å². The predicted octanol–water partition coefficient (Wildman–Crippen LogP) is 4.21. The fourth-order valence-electron chi connectivity index (χ4n) is 3.73. The molecule has 0 aliphatic heterocycles. The maximum Gasteiger partial charge on any atom is 0.0161 e. The Labute approximate surface area is 111 Å². The second-order valence-electron chi connectivity index (χ2n) is 6.02. The molecule has 2 heteroatoms. The first-order valence-electron chi connectivity index (χ1n) is 7.68. The molecule has 2 N–H and O–H groups in total. The van der Waals surface area contributed by atoms with Crippen molar-refractivity contribution in [1.82, 2.24) is 0 Å². The van der Waals surface area contributed by atoms with Crippen molar-refractivity contribution < 1.29 is 0 Å². The third kappa shape index (κ3) is 3.89. The van der Waals surface area contributed by atoms with Gasteiger partial charge in [0.25, 0.3) is 0 Å². The fraction of sp³-hybridized carbons (Fsp3) is 1.00. The summed E-state index contributed by atoms with van der Waals surface area (Å²) in [4.78, 5) is 0. The Morgan fingerprint density at radius 2 is 1.71 bits per heavy atom. The largest absolute Gasteiger partial charge is 0.327 e. The molecule has 0 radical (unpaired) electrons. The lowest BCUT2D eigenvalue weighted by atomic mass is 9.75. The van der Waals surface area contributed by atoms with Crippen LogP contribution in [0.5, 0.6) is 0 Å². The van der Waals surface area contributed by atoms with E-state index >= 15 is 0 Å². The third-order valence-electron chi connectivity index (χ3n) is 4.87. The van der Waals surface area contributed by atoms with E-state index in [0.29, 0.717) is 6.04 Å². The molecule has 0 aromatic carbocycles. The predicted molar refractivity (Wildman–Crippen MR) is 78.4 cm³/mol. The van der Waals surface area contributed by atoms with Crippen LogP contribution < -0.4 is 5.73 Å². The van der Waals surface area contributed by atoms with Crippen LogP contribution in [0.25, 0.3) is 0 Å². The summed E-state index contributed by atoms with van der Waals surface area (Å²) in [5, 5.41) is 0.935. The van der Waals surface area contributed by atoms with E-state index < -0.39 is 0 Å². The molecular formula is C15H29NS. The highest BCUT2D eigenvalue weighted by Crippen LogP contribution is 2.36. The molecule has 0 saturated heterocycles. The van der Waals surface area contributed by atoms with Crippen LogP contribution in [-0.2, 0) is 0 Å². The maximum absolute atomic E-state index is 6.47. The van der Waals surface area contributed by atoms with Crippen LogP contribution in [0.15, 0.2) is 0 Å². The first-order valence-corrected chi connectivity index (χ1v) is 8.73. The van der Waals surface area contributed by atoms with E-state index in [2.05, 4.69) is 18.7 Å². The highest BCUT2D eigenvalue weighted by molar-refractivity contribution is 7.99. The minimum atomic E-state index is 0.464. The molecule has 3 unspecified atom stereocenters. The summed E-state index contributed by atoms with van der Waals surface area (Å²) in [6, 6.07) is 0.464. The summed E-state index contributed by atoms with van der Waals surface area (Å²) in [5.74, 6) is 2.96. The molecule has 0 heterocycles. The molecular weight excluding hydrogens is 226 g/mol. The van der Waals surface area contributed by atoms with Crippen molar-refractivity contribution >= 4 is 11.8 Å². The first kappa shape index (κ1) is 13.7. The molecule has 17 heavy (non-hydrogen) atoms. The molecule has 1 nitrogen and oxygen atoms in total. The quantitative estimate of drug-likeness (QED) is 0.796. The Morgan fingerprint density at radius 1 is 1.06 bits per heavy atom. The number of hydrogen-bond donors (Lipinski definition) is 1. The van der Waals surface area contributed by atoms with Crippen LogP contribution in [-0.4, -0.2) is 17.0 Å². The van der Waals surface area contributed by atoms with Crippen molar-refractivity contribution in [2.24, 2.45) is 17.6 Å². The van der Waals surface area contributed by atoms with Gasteiger partial charge in [0.1, 0.15) is 0 Å². The van der Waals surface area contributed by atoms with E-state index in [-0.39, 0.29) is 0 Å². The van der Waals surface area contributed by atoms with Crippen molar-refractivity contribution in [1.29, 1.82) is 0 Å². The molecule has 0 spiro atoms. The third-order valence-corrected chi connectivity index (χ3v) is 6.39. The molecule has 0 aromatic rings. The van der Waals surface area contributed by atoms with Crippen molar-refractivity contribution in [3.63, 3.8) is 0 Å². The summed E-state index contributed by atoms with van der Waals surface area (Å²) in [6.07, 6.45) is 12.8. The molecule has 2 fully saturated rings. The topological polar surface area (TPSA) is 26.0 Å². The smallest absolute Gasteiger partial charge is 0.0161 e. The SMILES string of the molecule is CCC1CCCCC1C(N)CSC1CCCC1. The Bertz CT molecular complexity index is 213. The van der Waals surface area contributed by atoms with Crippen LogP contribution >= 0.6 is 11.8 Å². The minimum absolute atomic E-state index is 0.464. The summed E-state index contributed by atoms with van der Waals surface area (Å²) in [5.41, 5.74) is 6.47. The number of hydrogen-bond acceptors (Lipinski definition) is 2. The average molecular weight is 255 g/mol. The van der Waals surface area contributed by atoms with E-state index in [1.54, 1.807) is 0 Å². The Balaban J connectivity index is 1.74. The molecule has 0 bridgehead atoms. The maximum atomic E-state index is 6.47. The summed E-state index contributed by atoms with van der Waals surface area (Å²) in [6.45, 7) is 2.35. The van der Waals surface area contributed by atoms with Gasteiger partial charge in [0.2, 0.25) is 0 Å². The standard InChI is InChI=1S/C15H29NS/c1-2-12-7-3-6-10-14(12)15(16)11-17-13-8-4-5-9-13/h12-15H,2-11,16H2,1H3. The van der Waals surface area contributed by atoms with Gasteiger partial charge in [-0.1, -0.05) is 45.4 Å². The van der Waals surface area contributed by atoms with Gasteiger partial charge >= 0.3 is 0 Å². The van der Waals surface area contributed by atoms with Gasteiger partial charge < -0.3 is 5.73 Å². The van der Waals surface area contributed by atoms with Crippen LogP contribution in [0, 0.1) is 11.8 Å². The minimum Gasteiger partial charge on any atom is -0.327 e. The molecule has 100 valence electrons. The molecule has 2 aliphatic carbocycles. The highest BCUT2D eigenvalue weighted by atomic mass is 32.2. The molecule has 0 aromatic heterocycles. The lowest BCUT2D eigenvalue weighted by molar-refractivity contribution is 0.205. The molecule has 2 rings (SSSR count). The van der Waals surface area contributed by atoms with E-state index in [4.69, 9.17) is 5.73 Å². The van der Waals surface area contributed by atoms with Crippen LogP contribution in [0.4, 0.5) is 0 Å². The van der Waals surface area contributed by atoms with Gasteiger partial charge in [-0.15, -0.1) is 0 Å². The van der Waals surface area contributed by atoms with E-state index in [1.165, 1.54) is 63.5 Å². The molecule has 2 saturated carbocycles. The Kier molecular flexibility index (Phi) is 5.68.